The fourth-order valence-electron chi connectivity index (χ4n) is 10.2. The molecule has 1 atom stereocenters. The summed E-state index contributed by atoms with van der Waals surface area (Å²) < 4.78 is 7.28. The van der Waals surface area contributed by atoms with E-state index in [4.69, 9.17) is 21.3 Å². The number of hydrogen-bond acceptors (Lipinski definition) is 12. The quantitative estimate of drug-likeness (QED) is 0.181. The Kier molecular flexibility index (Phi) is 11.3. The molecule has 0 bridgehead atoms. The number of benzene rings is 2. The molecule has 1 saturated carbocycles. The molecule has 6 heterocycles. The number of carbonyl (C=O) groups excluding carboxylic acids is 4. The van der Waals surface area contributed by atoms with Crippen LogP contribution in [0, 0.1) is 11.3 Å². The number of carbonyl (C=O) groups is 4. The Morgan fingerprint density at radius 1 is 1.00 bits per heavy atom. The second-order valence-corrected chi connectivity index (χ2v) is 18.2. The van der Waals surface area contributed by atoms with Crippen molar-refractivity contribution in [3.63, 3.8) is 0 Å². The largest absolute Gasteiger partial charge is 0.478 e. The number of pyridine rings is 1. The van der Waals surface area contributed by atoms with Crippen molar-refractivity contribution in [2.75, 3.05) is 74.6 Å². The molecule has 0 radical (unpaired) electrons. The number of fused-ring (bicyclic) bond motifs is 2. The first-order valence-electron chi connectivity index (χ1n) is 21.7. The van der Waals surface area contributed by atoms with Crippen molar-refractivity contribution >= 4 is 69.3 Å². The minimum atomic E-state index is -0.612. The number of hydrogen-bond donors (Lipinski definition) is 3. The van der Waals surface area contributed by atoms with Crippen LogP contribution in [-0.4, -0.2) is 113 Å². The van der Waals surface area contributed by atoms with Gasteiger partial charge in [-0.3, -0.25) is 34.2 Å². The van der Waals surface area contributed by atoms with Gasteiger partial charge in [-0.15, -0.1) is 0 Å². The molecule has 17 heteroatoms. The Balaban J connectivity index is 0.771. The molecule has 2 aromatic carbocycles. The first kappa shape index (κ1) is 41.6. The summed E-state index contributed by atoms with van der Waals surface area (Å²) in [6, 6.07) is 12.5. The number of anilines is 4. The van der Waals surface area contributed by atoms with Crippen molar-refractivity contribution in [1.29, 1.82) is 0 Å². The smallest absolute Gasteiger partial charge is 0.293 e. The average Bonchev–Trinajstić information content (AvgIpc) is 3.59. The van der Waals surface area contributed by atoms with Crippen LogP contribution in [0.3, 0.4) is 0 Å². The number of rotatable bonds is 11. The second-order valence-electron chi connectivity index (χ2n) is 17.8. The molecule has 4 amide bonds. The Hall–Kier alpha value is -5.74. The Bertz CT molecular complexity index is 2490. The van der Waals surface area contributed by atoms with Crippen molar-refractivity contribution in [1.82, 2.24) is 35.0 Å². The summed E-state index contributed by atoms with van der Waals surface area (Å²) in [5, 5.41) is 9.41. The van der Waals surface area contributed by atoms with E-state index in [1.807, 2.05) is 44.2 Å². The SMILES string of the molecule is CNC(=O)COc1cc2cc(Nc3nc(N4CCN(CC5CC6(CCN(c7cccc8c7CN(C7CCC(=O)NC7=O)C8=O)CC6)C5)CC4)ncc3Cl)ccc2n(C(C)C)c1=O. The first-order valence-corrected chi connectivity index (χ1v) is 22.1. The van der Waals surface area contributed by atoms with E-state index in [2.05, 4.69) is 41.7 Å². The van der Waals surface area contributed by atoms with Gasteiger partial charge < -0.3 is 34.6 Å². The molecule has 9 rings (SSSR count). The topological polar surface area (TPSA) is 174 Å². The van der Waals surface area contributed by atoms with E-state index in [1.54, 1.807) is 21.7 Å². The molecule has 4 fully saturated rings. The zero-order valence-corrected chi connectivity index (χ0v) is 36.2. The maximum Gasteiger partial charge on any atom is 0.293 e. The van der Waals surface area contributed by atoms with Crippen LogP contribution in [0.4, 0.5) is 23.1 Å². The summed E-state index contributed by atoms with van der Waals surface area (Å²) in [5.74, 6) is 0.753. The van der Waals surface area contributed by atoms with Crippen molar-refractivity contribution in [2.45, 2.75) is 71.0 Å². The lowest BCUT2D eigenvalue weighted by molar-refractivity contribution is -0.137. The monoisotopic (exact) mass is 864 g/mol. The Labute approximate surface area is 364 Å². The summed E-state index contributed by atoms with van der Waals surface area (Å²) in [6.45, 7) is 10.4. The van der Waals surface area contributed by atoms with Crippen molar-refractivity contribution in [3.05, 3.63) is 75.2 Å². The number of piperazine rings is 1. The van der Waals surface area contributed by atoms with Gasteiger partial charge in [-0.05, 0) is 93.7 Å². The number of amides is 4. The molecule has 3 saturated heterocycles. The van der Waals surface area contributed by atoms with Gasteiger partial charge in [0.25, 0.3) is 17.4 Å². The highest BCUT2D eigenvalue weighted by Crippen LogP contribution is 2.53. The maximum absolute atomic E-state index is 13.4. The molecule has 326 valence electrons. The summed E-state index contributed by atoms with van der Waals surface area (Å²) >= 11 is 6.62. The van der Waals surface area contributed by atoms with E-state index < -0.39 is 6.04 Å². The molecule has 2 aromatic heterocycles. The van der Waals surface area contributed by atoms with Crippen LogP contribution >= 0.6 is 11.6 Å². The predicted octanol–water partition coefficient (Wildman–Crippen LogP) is 4.47. The van der Waals surface area contributed by atoms with E-state index >= 15 is 0 Å². The van der Waals surface area contributed by atoms with Crippen LogP contribution in [0.5, 0.6) is 5.75 Å². The molecule has 1 spiro atoms. The highest BCUT2D eigenvalue weighted by atomic mass is 35.5. The third-order valence-corrected chi connectivity index (χ3v) is 13.8. The zero-order chi connectivity index (χ0) is 43.3. The lowest BCUT2D eigenvalue weighted by Gasteiger charge is -2.54. The highest BCUT2D eigenvalue weighted by Gasteiger charge is 2.47. The molecule has 16 nitrogen and oxygen atoms in total. The molecular weight excluding hydrogens is 812 g/mol. The van der Waals surface area contributed by atoms with Gasteiger partial charge in [-0.2, -0.15) is 4.98 Å². The average molecular weight is 865 g/mol. The number of aromatic nitrogens is 3. The van der Waals surface area contributed by atoms with Gasteiger partial charge in [0, 0.05) is 99.8 Å². The van der Waals surface area contributed by atoms with Gasteiger partial charge in [0.2, 0.25) is 17.8 Å². The Morgan fingerprint density at radius 2 is 1.77 bits per heavy atom. The summed E-state index contributed by atoms with van der Waals surface area (Å²) in [4.78, 5) is 81.1. The molecule has 4 aliphatic heterocycles. The van der Waals surface area contributed by atoms with Crippen LogP contribution in [0.15, 0.2) is 53.5 Å². The molecule has 3 N–H and O–H groups in total. The van der Waals surface area contributed by atoms with Crippen molar-refractivity contribution < 1.29 is 23.9 Å². The van der Waals surface area contributed by atoms with Crippen LogP contribution in [0.1, 0.15) is 74.3 Å². The van der Waals surface area contributed by atoms with Crippen molar-refractivity contribution in [2.24, 2.45) is 11.3 Å². The van der Waals surface area contributed by atoms with Crippen LogP contribution in [0.2, 0.25) is 5.02 Å². The number of likely N-dealkylation sites (N-methyl/N-ethyl adjacent to an activating group) is 1. The third kappa shape index (κ3) is 8.05. The van der Waals surface area contributed by atoms with Gasteiger partial charge in [-0.1, -0.05) is 17.7 Å². The van der Waals surface area contributed by atoms with Crippen LogP contribution in [-0.2, 0) is 20.9 Å². The summed E-state index contributed by atoms with van der Waals surface area (Å²) in [7, 11) is 1.52. The van der Waals surface area contributed by atoms with Gasteiger partial charge in [0.15, 0.2) is 18.2 Å². The second kappa shape index (κ2) is 16.9. The van der Waals surface area contributed by atoms with Gasteiger partial charge in [0.05, 0.1) is 11.7 Å². The lowest BCUT2D eigenvalue weighted by Crippen LogP contribution is -2.53. The fraction of sp³-hybridized carbons (Fsp3) is 0.489. The number of imide groups is 1. The van der Waals surface area contributed by atoms with Crippen LogP contribution < -0.4 is 36.0 Å². The van der Waals surface area contributed by atoms with Crippen LogP contribution in [0.25, 0.3) is 10.9 Å². The van der Waals surface area contributed by atoms with E-state index in [0.29, 0.717) is 46.7 Å². The molecular formula is C45H53ClN10O6. The normalized spacial score (nSPS) is 20.4. The lowest BCUT2D eigenvalue weighted by atomic mass is 9.57. The van der Waals surface area contributed by atoms with E-state index in [9.17, 15) is 24.0 Å². The fourth-order valence-corrected chi connectivity index (χ4v) is 10.4. The number of ether oxygens (including phenoxy) is 1. The van der Waals surface area contributed by atoms with E-state index in [0.717, 1.165) is 86.5 Å². The number of nitrogens with zero attached hydrogens (tertiary/aromatic N) is 7. The predicted molar refractivity (Wildman–Crippen MR) is 236 cm³/mol. The summed E-state index contributed by atoms with van der Waals surface area (Å²) in [6.07, 6.45) is 6.96. The molecule has 1 unspecified atom stereocenters. The summed E-state index contributed by atoms with van der Waals surface area (Å²) in [5.41, 5.74) is 4.29. The zero-order valence-electron chi connectivity index (χ0n) is 35.4. The number of nitrogens with one attached hydrogen (secondary N) is 3. The molecule has 4 aromatic rings. The highest BCUT2D eigenvalue weighted by molar-refractivity contribution is 6.33. The maximum atomic E-state index is 13.4. The standard InChI is InChI=1S/C45H53ClN10O6/c1-27(2)56-34-8-7-30(19-29(34)20-37(43(56)61)62-26-39(58)47-3)49-40-33(46)23-48-44(51-40)54-17-15-52(16-18-54)24-28-21-45(22-28)11-13-53(14-12-45)35-6-4-5-31-32(35)25-55(42(31)60)36-9-10-38(57)50-41(36)59/h4-8,19-20,23,27-28,36H,9-18,21-22,24-26H2,1-3H3,(H,47,58)(H,48,49,51)(H,50,57,59). The number of piperidine rings is 2. The van der Waals surface area contributed by atoms with Crippen molar-refractivity contribution in [3.8, 4) is 5.75 Å². The third-order valence-electron chi connectivity index (χ3n) is 13.5. The van der Waals surface area contributed by atoms with E-state index in [-0.39, 0.29) is 54.0 Å². The minimum absolute atomic E-state index is 0.0986. The molecule has 5 aliphatic rings. The van der Waals surface area contributed by atoms with Gasteiger partial charge in [0.1, 0.15) is 11.1 Å². The number of halogens is 1. The Morgan fingerprint density at radius 3 is 2.50 bits per heavy atom. The minimum Gasteiger partial charge on any atom is -0.478 e. The van der Waals surface area contributed by atoms with E-state index in [1.165, 1.54) is 19.9 Å². The molecule has 62 heavy (non-hydrogen) atoms. The first-order chi connectivity index (χ1) is 29.9. The van der Waals surface area contributed by atoms with Gasteiger partial charge in [-0.25, -0.2) is 4.98 Å². The van der Waals surface area contributed by atoms with Gasteiger partial charge >= 0.3 is 0 Å². The molecule has 1 aliphatic carbocycles.